The summed E-state index contributed by atoms with van der Waals surface area (Å²) in [6.45, 7) is 0.397. The van der Waals surface area contributed by atoms with E-state index in [2.05, 4.69) is 5.32 Å². The number of nitrogens with one attached hydrogen (secondary N) is 1. The van der Waals surface area contributed by atoms with Crippen LogP contribution in [0.1, 0.15) is 16.8 Å². The molecule has 0 aromatic heterocycles. The Hall–Kier alpha value is -1.43. The van der Waals surface area contributed by atoms with Gasteiger partial charge in [0.15, 0.2) is 0 Å². The van der Waals surface area contributed by atoms with Crippen molar-refractivity contribution in [3.63, 3.8) is 0 Å². The Balaban J connectivity index is 2.53. The van der Waals surface area contributed by atoms with E-state index in [1.54, 1.807) is 6.26 Å². The van der Waals surface area contributed by atoms with Gasteiger partial charge < -0.3 is 11.1 Å². The molecule has 0 radical (unpaired) electrons. The smallest absolute Gasteiger partial charge is 0.253 e. The summed E-state index contributed by atoms with van der Waals surface area (Å²) in [6, 6.07) is 4.10. The molecule has 4 nitrogen and oxygen atoms in total. The highest BCUT2D eigenvalue weighted by atomic mass is 32.2. The molecule has 0 spiro atoms. The third-order valence-electron chi connectivity index (χ3n) is 2.19. The molecule has 1 aromatic rings. The second-order valence-electron chi connectivity index (χ2n) is 3.59. The normalized spacial score (nSPS) is 12.1. The number of hydrogen-bond acceptors (Lipinski definition) is 3. The summed E-state index contributed by atoms with van der Waals surface area (Å²) in [5.41, 5.74) is 5.43. The monoisotopic (exact) mass is 258 g/mol. The highest BCUT2D eigenvalue weighted by Crippen LogP contribution is 2.15. The summed E-state index contributed by atoms with van der Waals surface area (Å²) in [5, 5.41) is 2.60. The number of benzene rings is 1. The predicted octanol–water partition coefficient (Wildman–Crippen LogP) is 0.906. The molecular weight excluding hydrogens is 243 g/mol. The third kappa shape index (κ3) is 4.14. The number of nitrogens with two attached hydrogens (primary N) is 1. The molecule has 1 atom stereocenters. The zero-order valence-electron chi connectivity index (χ0n) is 9.53. The van der Waals surface area contributed by atoms with Crippen molar-refractivity contribution in [3.05, 3.63) is 29.6 Å². The van der Waals surface area contributed by atoms with Crippen molar-refractivity contribution < 1.29 is 13.4 Å². The second-order valence-corrected chi connectivity index (χ2v) is 5.14. The van der Waals surface area contributed by atoms with Crippen LogP contribution in [-0.4, -0.2) is 28.7 Å². The van der Waals surface area contributed by atoms with E-state index in [0.717, 1.165) is 0 Å². The summed E-state index contributed by atoms with van der Waals surface area (Å²) >= 11 is 0. The molecule has 1 rings (SSSR count). The number of carbonyl (C=O) groups excluding carboxylic acids is 1. The van der Waals surface area contributed by atoms with E-state index in [0.29, 0.717) is 18.7 Å². The van der Waals surface area contributed by atoms with Crippen LogP contribution in [0.5, 0.6) is 0 Å². The van der Waals surface area contributed by atoms with E-state index < -0.39 is 22.5 Å². The van der Waals surface area contributed by atoms with Crippen molar-refractivity contribution in [1.82, 2.24) is 5.32 Å². The van der Waals surface area contributed by atoms with Crippen LogP contribution in [-0.2, 0) is 10.8 Å². The van der Waals surface area contributed by atoms with Crippen LogP contribution in [0, 0.1) is 5.82 Å². The lowest BCUT2D eigenvalue weighted by molar-refractivity contribution is 0.0954. The van der Waals surface area contributed by atoms with Crippen molar-refractivity contribution in [2.24, 2.45) is 0 Å². The quantitative estimate of drug-likeness (QED) is 0.609. The number of carbonyl (C=O) groups is 1. The number of rotatable bonds is 5. The maximum atomic E-state index is 13.1. The van der Waals surface area contributed by atoms with Gasteiger partial charge in [0.2, 0.25) is 0 Å². The van der Waals surface area contributed by atoms with Crippen LogP contribution < -0.4 is 11.1 Å². The maximum Gasteiger partial charge on any atom is 0.253 e. The van der Waals surface area contributed by atoms with Crippen molar-refractivity contribution in [2.75, 3.05) is 24.3 Å². The van der Waals surface area contributed by atoms with Crippen molar-refractivity contribution in [3.8, 4) is 0 Å². The molecule has 1 amide bonds. The van der Waals surface area contributed by atoms with E-state index in [9.17, 15) is 13.4 Å². The average Bonchev–Trinajstić information content (AvgIpc) is 2.27. The SMILES string of the molecule is CS(=O)CCCNC(=O)c1cccc(F)c1N. The molecule has 17 heavy (non-hydrogen) atoms. The predicted molar refractivity (Wildman–Crippen MR) is 66.7 cm³/mol. The van der Waals surface area contributed by atoms with Crippen molar-refractivity contribution in [1.29, 1.82) is 0 Å². The minimum atomic E-state index is -0.869. The van der Waals surface area contributed by atoms with E-state index in [1.807, 2.05) is 0 Å². The Bertz CT molecular complexity index is 437. The fourth-order valence-electron chi connectivity index (χ4n) is 1.31. The lowest BCUT2D eigenvalue weighted by Crippen LogP contribution is -2.26. The van der Waals surface area contributed by atoms with Gasteiger partial charge >= 0.3 is 0 Å². The lowest BCUT2D eigenvalue weighted by atomic mass is 10.1. The first-order valence-corrected chi connectivity index (χ1v) is 6.87. The average molecular weight is 258 g/mol. The van der Waals surface area contributed by atoms with Crippen molar-refractivity contribution >= 4 is 22.4 Å². The Morgan fingerprint density at radius 1 is 1.53 bits per heavy atom. The second kappa shape index (κ2) is 6.34. The number of anilines is 1. The summed E-state index contributed by atoms with van der Waals surface area (Å²) in [4.78, 5) is 11.6. The lowest BCUT2D eigenvalue weighted by Gasteiger charge is -2.07. The molecule has 0 aliphatic carbocycles. The van der Waals surface area contributed by atoms with Crippen LogP contribution >= 0.6 is 0 Å². The summed E-state index contributed by atoms with van der Waals surface area (Å²) in [6.07, 6.45) is 2.22. The summed E-state index contributed by atoms with van der Waals surface area (Å²) in [7, 11) is -0.869. The zero-order valence-corrected chi connectivity index (χ0v) is 10.3. The van der Waals surface area contributed by atoms with Crippen LogP contribution in [0.25, 0.3) is 0 Å². The molecule has 0 fully saturated rings. The van der Waals surface area contributed by atoms with Crippen LogP contribution in [0.3, 0.4) is 0 Å². The number of halogens is 1. The summed E-state index contributed by atoms with van der Waals surface area (Å²) < 4.78 is 23.9. The van der Waals surface area contributed by atoms with Gasteiger partial charge in [0.25, 0.3) is 5.91 Å². The molecule has 0 saturated carbocycles. The topological polar surface area (TPSA) is 72.2 Å². The molecule has 1 aromatic carbocycles. The minimum absolute atomic E-state index is 0.127. The first kappa shape index (κ1) is 13.6. The molecular formula is C11H15FN2O2S. The first-order valence-electron chi connectivity index (χ1n) is 5.14. The fourth-order valence-corrected chi connectivity index (χ4v) is 1.86. The molecule has 0 bridgehead atoms. The van der Waals surface area contributed by atoms with Gasteiger partial charge in [-0.3, -0.25) is 9.00 Å². The molecule has 94 valence electrons. The molecule has 0 aliphatic rings. The standard InChI is InChI=1S/C11H15FN2O2S/c1-17(16)7-3-6-14-11(15)8-4-2-5-9(12)10(8)13/h2,4-5H,3,6-7,13H2,1H3,(H,14,15). The number of hydrogen-bond donors (Lipinski definition) is 2. The Morgan fingerprint density at radius 2 is 2.24 bits per heavy atom. The van der Waals surface area contributed by atoms with E-state index in [1.165, 1.54) is 18.2 Å². The maximum absolute atomic E-state index is 13.1. The molecule has 3 N–H and O–H groups in total. The van der Waals surface area contributed by atoms with Gasteiger partial charge in [-0.1, -0.05) is 6.07 Å². The molecule has 1 unspecified atom stereocenters. The van der Waals surface area contributed by atoms with E-state index in [4.69, 9.17) is 5.73 Å². The van der Waals surface area contributed by atoms with Gasteiger partial charge in [-0.15, -0.1) is 0 Å². The van der Waals surface area contributed by atoms with Gasteiger partial charge in [-0.25, -0.2) is 4.39 Å². The highest BCUT2D eigenvalue weighted by molar-refractivity contribution is 7.84. The van der Waals surface area contributed by atoms with Gasteiger partial charge in [0, 0.05) is 29.4 Å². The largest absolute Gasteiger partial charge is 0.396 e. The van der Waals surface area contributed by atoms with Crippen LogP contribution in [0.4, 0.5) is 10.1 Å². The molecule has 0 heterocycles. The molecule has 0 saturated heterocycles. The third-order valence-corrected chi connectivity index (χ3v) is 3.06. The van der Waals surface area contributed by atoms with Gasteiger partial charge in [-0.2, -0.15) is 0 Å². The van der Waals surface area contributed by atoms with Gasteiger partial charge in [0.05, 0.1) is 11.3 Å². The zero-order chi connectivity index (χ0) is 12.8. The number of nitrogen functional groups attached to an aromatic ring is 1. The number of amides is 1. The van der Waals surface area contributed by atoms with Crippen molar-refractivity contribution in [2.45, 2.75) is 6.42 Å². The first-order chi connectivity index (χ1) is 8.02. The summed E-state index contributed by atoms with van der Waals surface area (Å²) in [5.74, 6) is -0.491. The fraction of sp³-hybridized carbons (Fsp3) is 0.364. The highest BCUT2D eigenvalue weighted by Gasteiger charge is 2.11. The molecule has 0 aliphatic heterocycles. The van der Waals surface area contributed by atoms with Gasteiger partial charge in [-0.05, 0) is 18.6 Å². The molecule has 6 heteroatoms. The van der Waals surface area contributed by atoms with E-state index in [-0.39, 0.29) is 11.3 Å². The van der Waals surface area contributed by atoms with Crippen LogP contribution in [0.2, 0.25) is 0 Å². The van der Waals surface area contributed by atoms with Crippen LogP contribution in [0.15, 0.2) is 18.2 Å². The Labute approximate surface area is 102 Å². The minimum Gasteiger partial charge on any atom is -0.396 e. The van der Waals surface area contributed by atoms with Gasteiger partial charge in [0.1, 0.15) is 5.82 Å². The Kier molecular flexibility index (Phi) is 5.09. The van der Waals surface area contributed by atoms with E-state index >= 15 is 0 Å². The number of para-hydroxylation sites is 1. The Morgan fingerprint density at radius 3 is 2.88 bits per heavy atom.